The van der Waals surface area contributed by atoms with Gasteiger partial charge in [0.1, 0.15) is 5.75 Å². The number of halogens is 1. The van der Waals surface area contributed by atoms with E-state index in [4.69, 9.17) is 4.74 Å². The highest BCUT2D eigenvalue weighted by atomic mass is 79.9. The molecule has 1 fully saturated rings. The van der Waals surface area contributed by atoms with E-state index < -0.39 is 0 Å². The van der Waals surface area contributed by atoms with Crippen molar-refractivity contribution in [3.63, 3.8) is 0 Å². The molecule has 3 unspecified atom stereocenters. The normalized spacial score (nSPS) is 28.4. The number of hydrogen-bond donors (Lipinski definition) is 0. The zero-order valence-electron chi connectivity index (χ0n) is 11.1. The highest BCUT2D eigenvalue weighted by Crippen LogP contribution is 2.46. The van der Waals surface area contributed by atoms with Crippen LogP contribution in [0.2, 0.25) is 0 Å². The Kier molecular flexibility index (Phi) is 3.82. The third-order valence-electron chi connectivity index (χ3n) is 4.27. The van der Waals surface area contributed by atoms with Gasteiger partial charge in [-0.25, -0.2) is 0 Å². The molecule has 94 valence electrons. The molecule has 1 aromatic carbocycles. The van der Waals surface area contributed by atoms with Crippen LogP contribution in [-0.2, 0) is 0 Å². The summed E-state index contributed by atoms with van der Waals surface area (Å²) in [5, 5.41) is 0. The summed E-state index contributed by atoms with van der Waals surface area (Å²) in [5.41, 5.74) is 3.99. The first kappa shape index (κ1) is 12.9. The molecular weight excluding hydrogens is 276 g/mol. The molecule has 1 aliphatic carbocycles. The van der Waals surface area contributed by atoms with Crippen LogP contribution in [0.25, 0.3) is 0 Å². The van der Waals surface area contributed by atoms with Crippen LogP contribution in [0, 0.1) is 19.8 Å². The van der Waals surface area contributed by atoms with Crippen molar-refractivity contribution in [2.75, 3.05) is 7.11 Å². The summed E-state index contributed by atoms with van der Waals surface area (Å²) in [5.74, 6) is 2.42. The number of benzene rings is 1. The van der Waals surface area contributed by atoms with Gasteiger partial charge in [-0.2, -0.15) is 0 Å². The Hall–Kier alpha value is -0.500. The predicted molar refractivity (Wildman–Crippen MR) is 76.3 cm³/mol. The fraction of sp³-hybridized carbons (Fsp3) is 0.600. The molecule has 3 atom stereocenters. The van der Waals surface area contributed by atoms with Crippen molar-refractivity contribution in [2.45, 2.75) is 44.4 Å². The molecule has 1 aromatic rings. The fourth-order valence-corrected chi connectivity index (χ4v) is 3.56. The first-order valence-electron chi connectivity index (χ1n) is 6.34. The average molecular weight is 297 g/mol. The molecule has 0 radical (unpaired) electrons. The maximum atomic E-state index is 5.64. The molecule has 0 aromatic heterocycles. The Bertz CT molecular complexity index is 414. The number of alkyl halides is 1. The lowest BCUT2D eigenvalue weighted by atomic mass is 9.87. The Morgan fingerprint density at radius 2 is 1.94 bits per heavy atom. The standard InChI is InChI=1S/C15H21BrO/c1-9-5-6-13(15(17-4)10(9)2)12-7-8-14(16)11(12)3/h5-6,11-12,14H,7-8H2,1-4H3. The van der Waals surface area contributed by atoms with Crippen LogP contribution in [0.5, 0.6) is 5.75 Å². The summed E-state index contributed by atoms with van der Waals surface area (Å²) in [6, 6.07) is 4.48. The van der Waals surface area contributed by atoms with E-state index in [9.17, 15) is 0 Å². The van der Waals surface area contributed by atoms with Crippen molar-refractivity contribution in [1.29, 1.82) is 0 Å². The van der Waals surface area contributed by atoms with E-state index >= 15 is 0 Å². The highest BCUT2D eigenvalue weighted by Gasteiger charge is 2.34. The maximum Gasteiger partial charge on any atom is 0.125 e. The van der Waals surface area contributed by atoms with E-state index in [0.29, 0.717) is 16.7 Å². The van der Waals surface area contributed by atoms with Crippen molar-refractivity contribution in [3.8, 4) is 5.75 Å². The molecule has 0 N–H and O–H groups in total. The van der Waals surface area contributed by atoms with Gasteiger partial charge in [0.15, 0.2) is 0 Å². The summed E-state index contributed by atoms with van der Waals surface area (Å²) in [6.07, 6.45) is 2.53. The summed E-state index contributed by atoms with van der Waals surface area (Å²) in [6.45, 7) is 6.64. The Balaban J connectivity index is 2.42. The summed E-state index contributed by atoms with van der Waals surface area (Å²) < 4.78 is 5.64. The number of aryl methyl sites for hydroxylation is 1. The van der Waals surface area contributed by atoms with Gasteiger partial charge in [-0.3, -0.25) is 0 Å². The van der Waals surface area contributed by atoms with E-state index in [1.54, 1.807) is 7.11 Å². The molecule has 0 saturated heterocycles. The third kappa shape index (κ3) is 2.24. The molecule has 2 heteroatoms. The molecule has 17 heavy (non-hydrogen) atoms. The predicted octanol–water partition coefficient (Wildman–Crippen LogP) is 4.59. The molecule has 0 heterocycles. The van der Waals surface area contributed by atoms with Crippen LogP contribution in [0.4, 0.5) is 0 Å². The largest absolute Gasteiger partial charge is 0.496 e. The SMILES string of the molecule is COc1c(C2CCC(Br)C2C)ccc(C)c1C. The maximum absolute atomic E-state index is 5.64. The molecule has 0 aliphatic heterocycles. The van der Waals surface area contributed by atoms with Gasteiger partial charge in [0.05, 0.1) is 7.11 Å². The molecule has 1 saturated carbocycles. The van der Waals surface area contributed by atoms with E-state index in [2.05, 4.69) is 48.8 Å². The van der Waals surface area contributed by atoms with Crippen LogP contribution in [-0.4, -0.2) is 11.9 Å². The third-order valence-corrected chi connectivity index (χ3v) is 5.56. The number of methoxy groups -OCH3 is 1. The fourth-order valence-electron chi connectivity index (χ4n) is 2.93. The number of rotatable bonds is 2. The lowest BCUT2D eigenvalue weighted by molar-refractivity contribution is 0.396. The zero-order chi connectivity index (χ0) is 12.6. The molecule has 2 rings (SSSR count). The van der Waals surface area contributed by atoms with Crippen molar-refractivity contribution in [3.05, 3.63) is 28.8 Å². The van der Waals surface area contributed by atoms with Crippen molar-refractivity contribution >= 4 is 15.9 Å². The van der Waals surface area contributed by atoms with Gasteiger partial charge in [0, 0.05) is 4.83 Å². The Labute approximate surface area is 113 Å². The molecule has 0 bridgehead atoms. The lowest BCUT2D eigenvalue weighted by Crippen LogP contribution is -2.11. The second-order valence-corrected chi connectivity index (χ2v) is 6.37. The average Bonchev–Trinajstić information content (AvgIpc) is 2.64. The zero-order valence-corrected chi connectivity index (χ0v) is 12.7. The Morgan fingerprint density at radius 1 is 1.24 bits per heavy atom. The topological polar surface area (TPSA) is 9.23 Å². The van der Waals surface area contributed by atoms with E-state index in [1.165, 1.54) is 29.5 Å². The summed E-state index contributed by atoms with van der Waals surface area (Å²) in [4.78, 5) is 0.652. The van der Waals surface area contributed by atoms with Crippen LogP contribution in [0.15, 0.2) is 12.1 Å². The van der Waals surface area contributed by atoms with Crippen LogP contribution >= 0.6 is 15.9 Å². The quantitative estimate of drug-likeness (QED) is 0.725. The Morgan fingerprint density at radius 3 is 2.47 bits per heavy atom. The van der Waals surface area contributed by atoms with Crippen LogP contribution in [0.1, 0.15) is 42.4 Å². The first-order valence-corrected chi connectivity index (χ1v) is 7.26. The molecule has 1 nitrogen and oxygen atoms in total. The first-order chi connectivity index (χ1) is 8.06. The number of ether oxygens (including phenoxy) is 1. The second kappa shape index (κ2) is 5.01. The van der Waals surface area contributed by atoms with Gasteiger partial charge in [-0.05, 0) is 55.2 Å². The van der Waals surface area contributed by atoms with Crippen LogP contribution < -0.4 is 4.74 Å². The summed E-state index contributed by atoms with van der Waals surface area (Å²) >= 11 is 3.78. The van der Waals surface area contributed by atoms with Crippen molar-refractivity contribution in [1.82, 2.24) is 0 Å². The van der Waals surface area contributed by atoms with E-state index in [1.807, 2.05) is 0 Å². The smallest absolute Gasteiger partial charge is 0.125 e. The molecule has 1 aliphatic rings. The van der Waals surface area contributed by atoms with Crippen molar-refractivity contribution in [2.24, 2.45) is 5.92 Å². The van der Waals surface area contributed by atoms with Gasteiger partial charge in [-0.1, -0.05) is 35.0 Å². The molecule has 0 amide bonds. The van der Waals surface area contributed by atoms with Gasteiger partial charge in [0.2, 0.25) is 0 Å². The van der Waals surface area contributed by atoms with Gasteiger partial charge < -0.3 is 4.74 Å². The van der Waals surface area contributed by atoms with Gasteiger partial charge in [-0.15, -0.1) is 0 Å². The minimum absolute atomic E-state index is 0.633. The number of hydrogen-bond acceptors (Lipinski definition) is 1. The van der Waals surface area contributed by atoms with Crippen LogP contribution in [0.3, 0.4) is 0 Å². The monoisotopic (exact) mass is 296 g/mol. The second-order valence-electron chi connectivity index (χ2n) is 5.19. The highest BCUT2D eigenvalue weighted by molar-refractivity contribution is 9.09. The minimum Gasteiger partial charge on any atom is -0.496 e. The summed E-state index contributed by atoms with van der Waals surface area (Å²) in [7, 11) is 1.79. The van der Waals surface area contributed by atoms with Gasteiger partial charge in [0.25, 0.3) is 0 Å². The van der Waals surface area contributed by atoms with Crippen molar-refractivity contribution < 1.29 is 4.74 Å². The minimum atomic E-state index is 0.633. The van der Waals surface area contributed by atoms with E-state index in [0.717, 1.165) is 5.75 Å². The molecule has 0 spiro atoms. The van der Waals surface area contributed by atoms with Gasteiger partial charge >= 0.3 is 0 Å². The lowest BCUT2D eigenvalue weighted by Gasteiger charge is -2.22. The van der Waals surface area contributed by atoms with E-state index in [-0.39, 0.29) is 0 Å². The molecular formula is C15H21BrO.